The van der Waals surface area contributed by atoms with Crippen molar-refractivity contribution in [3.8, 4) is 0 Å². The molecule has 2 rings (SSSR count). The van der Waals surface area contributed by atoms with Gasteiger partial charge in [0.25, 0.3) is 0 Å². The smallest absolute Gasteiger partial charge is 0.338 e. The third-order valence-electron chi connectivity index (χ3n) is 3.93. The number of hydrogen-bond acceptors (Lipinski definition) is 2. The number of benzene rings is 2. The summed E-state index contributed by atoms with van der Waals surface area (Å²) < 4.78 is 16.9. The average molecular weight is 616 g/mol. The maximum absolute atomic E-state index is 6.36. The van der Waals surface area contributed by atoms with Gasteiger partial charge in [-0.3, -0.25) is 0 Å². The van der Waals surface area contributed by atoms with Crippen molar-refractivity contribution in [1.29, 1.82) is 0 Å². The van der Waals surface area contributed by atoms with E-state index in [0.717, 1.165) is 41.1 Å². The molecule has 0 amide bonds. The van der Waals surface area contributed by atoms with E-state index in [2.05, 4.69) is 102 Å². The molecule has 0 aliphatic heterocycles. The fourth-order valence-electron chi connectivity index (χ4n) is 2.52. The van der Waals surface area contributed by atoms with Crippen LogP contribution in [0.1, 0.15) is 25.0 Å². The Morgan fingerprint density at radius 2 is 0.960 bits per heavy atom. The second kappa shape index (κ2) is 10.2. The minimum atomic E-state index is -2.24. The maximum atomic E-state index is 6.36. The average Bonchev–Trinajstić information content (AvgIpc) is 2.54. The first kappa shape index (κ1) is 21.8. The molecule has 0 aromatic heterocycles. The summed E-state index contributed by atoms with van der Waals surface area (Å²) in [5.41, 5.74) is 2.27. The van der Waals surface area contributed by atoms with Crippen molar-refractivity contribution in [3.63, 3.8) is 0 Å². The predicted molar refractivity (Wildman–Crippen MR) is 120 cm³/mol. The molecule has 7 heteroatoms. The van der Waals surface area contributed by atoms with Gasteiger partial charge >= 0.3 is 8.56 Å². The molecule has 2 aromatic rings. The molecule has 0 saturated carbocycles. The van der Waals surface area contributed by atoms with Crippen molar-refractivity contribution < 1.29 is 8.85 Å². The third-order valence-corrected chi connectivity index (χ3v) is 9.25. The van der Waals surface area contributed by atoms with Gasteiger partial charge in [0.05, 0.1) is 13.2 Å². The van der Waals surface area contributed by atoms with Crippen LogP contribution in [0.5, 0.6) is 0 Å². The Morgan fingerprint density at radius 3 is 1.24 bits per heavy atom. The fraction of sp³-hybridized carbons (Fsp3) is 0.333. The molecule has 0 radical (unpaired) electrons. The van der Waals surface area contributed by atoms with Gasteiger partial charge < -0.3 is 8.85 Å². The minimum Gasteiger partial charge on any atom is -0.390 e. The van der Waals surface area contributed by atoms with E-state index in [4.69, 9.17) is 8.85 Å². The Labute approximate surface area is 184 Å². The van der Waals surface area contributed by atoms with E-state index in [-0.39, 0.29) is 0 Å². The summed E-state index contributed by atoms with van der Waals surface area (Å²) in [6, 6.07) is 14.2. The standard InChI is InChI=1S/C18H20Br4O2Si/c1-3-25(4-2,23-11-13-5-15(19)9-16(20)6-13)24-12-14-7-17(21)10-18(22)8-14/h5-10H,3-4,11-12H2,1-2H3. The number of halogens is 4. The monoisotopic (exact) mass is 612 g/mol. The highest BCUT2D eigenvalue weighted by molar-refractivity contribution is 9.11. The molecule has 25 heavy (non-hydrogen) atoms. The van der Waals surface area contributed by atoms with Gasteiger partial charge in [0.15, 0.2) is 0 Å². The summed E-state index contributed by atoms with van der Waals surface area (Å²) in [6.07, 6.45) is 0. The van der Waals surface area contributed by atoms with Crippen molar-refractivity contribution in [2.45, 2.75) is 39.1 Å². The minimum absolute atomic E-state index is 0.564. The molecule has 0 unspecified atom stereocenters. The lowest BCUT2D eigenvalue weighted by molar-refractivity contribution is 0.154. The first-order chi connectivity index (χ1) is 11.9. The van der Waals surface area contributed by atoms with Crippen LogP contribution in [0, 0.1) is 0 Å². The molecule has 2 aromatic carbocycles. The van der Waals surface area contributed by atoms with Crippen LogP contribution in [-0.2, 0) is 22.1 Å². The summed E-state index contributed by atoms with van der Waals surface area (Å²) in [4.78, 5) is 0. The Hall–Kier alpha value is 0.497. The SMILES string of the molecule is CC[Si](CC)(OCc1cc(Br)cc(Br)c1)OCc1cc(Br)cc(Br)c1. The molecule has 0 atom stereocenters. The van der Waals surface area contributed by atoms with E-state index in [1.807, 2.05) is 12.1 Å². The lowest BCUT2D eigenvalue weighted by atomic mass is 10.2. The van der Waals surface area contributed by atoms with E-state index in [0.29, 0.717) is 13.2 Å². The zero-order valence-corrected chi connectivity index (χ0v) is 21.5. The zero-order valence-electron chi connectivity index (χ0n) is 14.1. The van der Waals surface area contributed by atoms with Crippen molar-refractivity contribution in [2.24, 2.45) is 0 Å². The quantitative estimate of drug-likeness (QED) is 0.281. The van der Waals surface area contributed by atoms with Crippen molar-refractivity contribution >= 4 is 72.3 Å². The maximum Gasteiger partial charge on any atom is 0.338 e. The van der Waals surface area contributed by atoms with Crippen LogP contribution in [0.25, 0.3) is 0 Å². The van der Waals surface area contributed by atoms with Gasteiger partial charge in [-0.2, -0.15) is 0 Å². The third kappa shape index (κ3) is 6.87. The molecular formula is C18H20Br4O2Si. The first-order valence-corrected chi connectivity index (χ1v) is 13.4. The molecule has 0 heterocycles. The molecule has 136 valence electrons. The summed E-state index contributed by atoms with van der Waals surface area (Å²) >= 11 is 14.1. The lowest BCUT2D eigenvalue weighted by Gasteiger charge is -2.29. The predicted octanol–water partition coefficient (Wildman–Crippen LogP) is 7.95. The van der Waals surface area contributed by atoms with Gasteiger partial charge in [0.1, 0.15) is 0 Å². The summed E-state index contributed by atoms with van der Waals surface area (Å²) in [7, 11) is -2.24. The lowest BCUT2D eigenvalue weighted by Crippen LogP contribution is -2.40. The van der Waals surface area contributed by atoms with Gasteiger partial charge in [-0.1, -0.05) is 77.6 Å². The zero-order chi connectivity index (χ0) is 18.4. The van der Waals surface area contributed by atoms with Crippen LogP contribution in [0.15, 0.2) is 54.3 Å². The van der Waals surface area contributed by atoms with Gasteiger partial charge in [-0.25, -0.2) is 0 Å². The highest BCUT2D eigenvalue weighted by Crippen LogP contribution is 2.27. The van der Waals surface area contributed by atoms with E-state index in [1.165, 1.54) is 0 Å². The van der Waals surface area contributed by atoms with E-state index >= 15 is 0 Å². The first-order valence-electron chi connectivity index (χ1n) is 8.03. The molecule has 0 fully saturated rings. The number of hydrogen-bond donors (Lipinski definition) is 0. The van der Waals surface area contributed by atoms with Crippen molar-refractivity contribution in [1.82, 2.24) is 0 Å². The van der Waals surface area contributed by atoms with Crippen LogP contribution in [0.2, 0.25) is 12.1 Å². The van der Waals surface area contributed by atoms with Gasteiger partial charge in [-0.05, 0) is 59.6 Å². The molecule has 0 bridgehead atoms. The Morgan fingerprint density at radius 1 is 0.640 bits per heavy atom. The van der Waals surface area contributed by atoms with Crippen molar-refractivity contribution in [3.05, 3.63) is 65.4 Å². The van der Waals surface area contributed by atoms with Crippen molar-refractivity contribution in [2.75, 3.05) is 0 Å². The molecule has 0 aliphatic rings. The summed E-state index contributed by atoms with van der Waals surface area (Å²) in [6.45, 7) is 5.44. The topological polar surface area (TPSA) is 18.5 Å². The molecular weight excluding hydrogens is 596 g/mol. The van der Waals surface area contributed by atoms with E-state index < -0.39 is 8.56 Å². The van der Waals surface area contributed by atoms with Gasteiger partial charge in [-0.15, -0.1) is 0 Å². The van der Waals surface area contributed by atoms with E-state index in [9.17, 15) is 0 Å². The summed E-state index contributed by atoms with van der Waals surface area (Å²) in [5.74, 6) is 0. The van der Waals surface area contributed by atoms with Crippen LogP contribution in [0.4, 0.5) is 0 Å². The van der Waals surface area contributed by atoms with Crippen LogP contribution in [-0.4, -0.2) is 8.56 Å². The number of rotatable bonds is 8. The molecule has 0 N–H and O–H groups in total. The van der Waals surface area contributed by atoms with Crippen LogP contribution < -0.4 is 0 Å². The molecule has 0 saturated heterocycles. The molecule has 0 spiro atoms. The normalized spacial score (nSPS) is 11.8. The highest BCUT2D eigenvalue weighted by atomic mass is 79.9. The highest BCUT2D eigenvalue weighted by Gasteiger charge is 2.33. The molecule has 0 aliphatic carbocycles. The van der Waals surface area contributed by atoms with Gasteiger partial charge in [0.2, 0.25) is 0 Å². The van der Waals surface area contributed by atoms with Crippen LogP contribution >= 0.6 is 63.7 Å². The fourth-order valence-corrected chi connectivity index (χ4v) is 7.55. The molecule has 2 nitrogen and oxygen atoms in total. The second-order valence-corrected chi connectivity index (χ2v) is 13.2. The summed E-state index contributed by atoms with van der Waals surface area (Å²) in [5, 5.41) is 0. The van der Waals surface area contributed by atoms with Crippen LogP contribution in [0.3, 0.4) is 0 Å². The van der Waals surface area contributed by atoms with Gasteiger partial charge in [0, 0.05) is 17.9 Å². The largest absolute Gasteiger partial charge is 0.390 e. The Balaban J connectivity index is 2.06. The Bertz CT molecular complexity index is 622. The Kier molecular flexibility index (Phi) is 8.85. The second-order valence-electron chi connectivity index (χ2n) is 5.75. The van der Waals surface area contributed by atoms with E-state index in [1.54, 1.807) is 0 Å².